The molecule has 0 bridgehead atoms. The van der Waals surface area contributed by atoms with Gasteiger partial charge in [-0.1, -0.05) is 13.0 Å². The Bertz CT molecular complexity index is 645. The topological polar surface area (TPSA) is 95.9 Å². The van der Waals surface area contributed by atoms with Crippen LogP contribution in [0.2, 0.25) is 0 Å². The third kappa shape index (κ3) is 6.15. The van der Waals surface area contributed by atoms with Crippen molar-refractivity contribution in [2.45, 2.75) is 39.7 Å². The quantitative estimate of drug-likeness (QED) is 0.642. The van der Waals surface area contributed by atoms with Crippen LogP contribution in [0.4, 0.5) is 0 Å². The normalized spacial score (nSPS) is 11.6. The fourth-order valence-electron chi connectivity index (χ4n) is 2.87. The summed E-state index contributed by atoms with van der Waals surface area (Å²) in [7, 11) is 1.56. The molecule has 2 amide bonds. The number of carbonyl (C=O) groups is 3. The number of aryl methyl sites for hydroxylation is 1. The van der Waals surface area contributed by atoms with Crippen LogP contribution in [0.3, 0.4) is 0 Å². The van der Waals surface area contributed by atoms with Gasteiger partial charge in [0.25, 0.3) is 0 Å². The van der Waals surface area contributed by atoms with Crippen LogP contribution in [0.15, 0.2) is 18.2 Å². The van der Waals surface area contributed by atoms with Gasteiger partial charge in [0.05, 0.1) is 26.1 Å². The molecule has 0 aliphatic heterocycles. The lowest BCUT2D eigenvalue weighted by Crippen LogP contribution is -2.49. The molecule has 0 heterocycles. The Balaban J connectivity index is 2.66. The van der Waals surface area contributed by atoms with E-state index < -0.39 is 18.4 Å². The molecule has 0 aromatic heterocycles. The van der Waals surface area contributed by atoms with Crippen LogP contribution in [0.1, 0.15) is 31.4 Å². The van der Waals surface area contributed by atoms with Crippen molar-refractivity contribution in [1.29, 1.82) is 0 Å². The van der Waals surface area contributed by atoms with Crippen molar-refractivity contribution in [1.82, 2.24) is 10.2 Å². The summed E-state index contributed by atoms with van der Waals surface area (Å²) < 4.78 is 5.19. The summed E-state index contributed by atoms with van der Waals surface area (Å²) in [5.74, 6) is -0.366. The van der Waals surface area contributed by atoms with Crippen LogP contribution in [-0.2, 0) is 20.8 Å². The fourth-order valence-corrected chi connectivity index (χ4v) is 2.87. The number of nitrogens with zero attached hydrogens (tertiary/aromatic N) is 1. The number of ether oxygens (including phenoxy) is 1. The number of amides is 2. The number of aliphatic hydroxyl groups excluding tert-OH is 1. The second-order valence-corrected chi connectivity index (χ2v) is 6.04. The first-order valence-electron chi connectivity index (χ1n) is 8.70. The molecular formula is C19H28N2O5. The van der Waals surface area contributed by atoms with Gasteiger partial charge < -0.3 is 20.1 Å². The molecule has 1 rings (SSSR count). The van der Waals surface area contributed by atoms with E-state index in [1.807, 2.05) is 19.1 Å². The van der Waals surface area contributed by atoms with Crippen molar-refractivity contribution in [3.05, 3.63) is 29.3 Å². The number of hydrogen-bond donors (Lipinski definition) is 2. The Morgan fingerprint density at radius 2 is 1.92 bits per heavy atom. The number of aliphatic hydroxyl groups is 1. The molecule has 0 saturated heterocycles. The van der Waals surface area contributed by atoms with Gasteiger partial charge in [-0.25, -0.2) is 0 Å². The number of Topliss-reactive ketones (excluding diaryl/α,β-unsaturated/α-hetero) is 1. The molecule has 7 nitrogen and oxygen atoms in total. The Morgan fingerprint density at radius 3 is 2.46 bits per heavy atom. The summed E-state index contributed by atoms with van der Waals surface area (Å²) in [6.07, 6.45) is 0.542. The smallest absolute Gasteiger partial charge is 0.242 e. The molecule has 1 unspecified atom stereocenters. The third-order valence-corrected chi connectivity index (χ3v) is 4.10. The molecule has 0 spiro atoms. The summed E-state index contributed by atoms with van der Waals surface area (Å²) in [5.41, 5.74) is 1.77. The van der Waals surface area contributed by atoms with Gasteiger partial charge in [-0.3, -0.25) is 14.4 Å². The molecule has 0 fully saturated rings. The standard InChI is InChI=1S/C19H28N2O5/c1-5-16(17(23)12-22)21(6-2)19(25)11-20-18(24)10-14-7-13(3)8-15(9-14)26-4/h7-9,16,22H,5-6,10-12H2,1-4H3,(H,20,24). The molecule has 0 radical (unpaired) electrons. The van der Waals surface area contributed by atoms with Gasteiger partial charge in [0.1, 0.15) is 12.4 Å². The summed E-state index contributed by atoms with van der Waals surface area (Å²) in [6.45, 7) is 4.97. The van der Waals surface area contributed by atoms with Gasteiger partial charge in [-0.2, -0.15) is 0 Å². The lowest BCUT2D eigenvalue weighted by atomic mass is 10.1. The van der Waals surface area contributed by atoms with Crippen LogP contribution < -0.4 is 10.1 Å². The molecule has 0 aliphatic rings. The number of nitrogens with one attached hydrogen (secondary N) is 1. The average Bonchev–Trinajstić information content (AvgIpc) is 2.62. The van der Waals surface area contributed by atoms with Crippen LogP contribution in [0.5, 0.6) is 5.75 Å². The van der Waals surface area contributed by atoms with Gasteiger partial charge >= 0.3 is 0 Å². The molecule has 2 N–H and O–H groups in total. The van der Waals surface area contributed by atoms with Crippen LogP contribution >= 0.6 is 0 Å². The molecule has 1 aromatic rings. The molecule has 0 saturated carbocycles. The first-order valence-corrected chi connectivity index (χ1v) is 8.70. The van der Waals surface area contributed by atoms with E-state index in [0.717, 1.165) is 11.1 Å². The van der Waals surface area contributed by atoms with E-state index in [1.165, 1.54) is 4.90 Å². The first-order chi connectivity index (χ1) is 12.4. The predicted octanol–water partition coefficient (Wildman–Crippen LogP) is 0.851. The van der Waals surface area contributed by atoms with Crippen molar-refractivity contribution < 1.29 is 24.2 Å². The van der Waals surface area contributed by atoms with Gasteiger partial charge in [-0.15, -0.1) is 0 Å². The Labute approximate surface area is 154 Å². The summed E-state index contributed by atoms with van der Waals surface area (Å²) in [5, 5.41) is 11.6. The van der Waals surface area contributed by atoms with E-state index >= 15 is 0 Å². The van der Waals surface area contributed by atoms with Crippen molar-refractivity contribution in [2.75, 3.05) is 26.8 Å². The largest absolute Gasteiger partial charge is 0.497 e. The zero-order valence-electron chi connectivity index (χ0n) is 15.9. The van der Waals surface area contributed by atoms with Crippen molar-refractivity contribution in [3.63, 3.8) is 0 Å². The first kappa shape index (κ1) is 21.6. The highest BCUT2D eigenvalue weighted by Gasteiger charge is 2.26. The molecule has 26 heavy (non-hydrogen) atoms. The second-order valence-electron chi connectivity index (χ2n) is 6.04. The highest BCUT2D eigenvalue weighted by Crippen LogP contribution is 2.16. The highest BCUT2D eigenvalue weighted by atomic mass is 16.5. The van der Waals surface area contributed by atoms with Crippen molar-refractivity contribution in [2.24, 2.45) is 0 Å². The molecule has 144 valence electrons. The van der Waals surface area contributed by atoms with Gasteiger partial charge in [-0.05, 0) is 43.5 Å². The third-order valence-electron chi connectivity index (χ3n) is 4.10. The number of benzene rings is 1. The number of hydrogen-bond acceptors (Lipinski definition) is 5. The SMILES string of the molecule is CCC(C(=O)CO)N(CC)C(=O)CNC(=O)Cc1cc(C)cc(OC)c1. The summed E-state index contributed by atoms with van der Waals surface area (Å²) in [6, 6.07) is 4.86. The lowest BCUT2D eigenvalue weighted by Gasteiger charge is -2.28. The highest BCUT2D eigenvalue weighted by molar-refractivity contribution is 5.91. The number of carbonyl (C=O) groups excluding carboxylic acids is 3. The Hall–Kier alpha value is -2.41. The van der Waals surface area contributed by atoms with Crippen molar-refractivity contribution in [3.8, 4) is 5.75 Å². The Morgan fingerprint density at radius 1 is 1.23 bits per heavy atom. The van der Waals surface area contributed by atoms with Gasteiger partial charge in [0, 0.05) is 6.54 Å². The maximum Gasteiger partial charge on any atom is 0.242 e. The predicted molar refractivity (Wildman–Crippen MR) is 98.0 cm³/mol. The number of methoxy groups -OCH3 is 1. The monoisotopic (exact) mass is 364 g/mol. The minimum atomic E-state index is -0.671. The van der Waals surface area contributed by atoms with E-state index in [-0.39, 0.29) is 24.8 Å². The minimum Gasteiger partial charge on any atom is -0.497 e. The van der Waals surface area contributed by atoms with E-state index in [0.29, 0.717) is 18.7 Å². The maximum atomic E-state index is 12.4. The average molecular weight is 364 g/mol. The minimum absolute atomic E-state index is 0.129. The Kier molecular flexibility index (Phi) is 8.78. The van der Waals surface area contributed by atoms with Gasteiger partial charge in [0.15, 0.2) is 5.78 Å². The maximum absolute atomic E-state index is 12.4. The zero-order chi connectivity index (χ0) is 19.7. The molecule has 0 aliphatic carbocycles. The van der Waals surface area contributed by atoms with Crippen LogP contribution in [-0.4, -0.2) is 60.5 Å². The molecular weight excluding hydrogens is 336 g/mol. The van der Waals surface area contributed by atoms with E-state index in [2.05, 4.69) is 5.32 Å². The fraction of sp³-hybridized carbons (Fsp3) is 0.526. The van der Waals surface area contributed by atoms with Gasteiger partial charge in [0.2, 0.25) is 11.8 Å². The van der Waals surface area contributed by atoms with Crippen LogP contribution in [0.25, 0.3) is 0 Å². The molecule has 1 aromatic carbocycles. The van der Waals surface area contributed by atoms with E-state index in [9.17, 15) is 14.4 Å². The van der Waals surface area contributed by atoms with E-state index in [4.69, 9.17) is 9.84 Å². The van der Waals surface area contributed by atoms with Crippen molar-refractivity contribution >= 4 is 17.6 Å². The number of ketones is 1. The number of likely N-dealkylation sites (N-methyl/N-ethyl adjacent to an activating group) is 1. The van der Waals surface area contributed by atoms with E-state index in [1.54, 1.807) is 27.0 Å². The summed E-state index contributed by atoms with van der Waals surface area (Å²) >= 11 is 0. The molecule has 1 atom stereocenters. The lowest BCUT2D eigenvalue weighted by molar-refractivity contribution is -0.140. The van der Waals surface area contributed by atoms with Crippen LogP contribution in [0, 0.1) is 6.92 Å². The zero-order valence-corrected chi connectivity index (χ0v) is 15.9. The second kappa shape index (κ2) is 10.6. The number of rotatable bonds is 10. The molecule has 7 heteroatoms. The summed E-state index contributed by atoms with van der Waals surface area (Å²) in [4.78, 5) is 37.7.